The standard InChI is InChI=1S/C14H17NO3S2/c1-15(14(16)7-8-20(2,17)18)10-12-9-11-5-3-4-6-13(11)19-12/h3-6,9H,7-8,10H2,1-2H3. The third-order valence-electron chi connectivity index (χ3n) is 2.98. The highest BCUT2D eigenvalue weighted by molar-refractivity contribution is 7.90. The third-order valence-corrected chi connectivity index (χ3v) is 5.03. The summed E-state index contributed by atoms with van der Waals surface area (Å²) >= 11 is 1.65. The van der Waals surface area contributed by atoms with E-state index >= 15 is 0 Å². The van der Waals surface area contributed by atoms with Gasteiger partial charge in [-0.3, -0.25) is 4.79 Å². The highest BCUT2D eigenvalue weighted by Gasteiger charge is 2.13. The Morgan fingerprint density at radius 3 is 2.65 bits per heavy atom. The molecule has 0 fully saturated rings. The quantitative estimate of drug-likeness (QED) is 0.851. The second-order valence-electron chi connectivity index (χ2n) is 4.88. The van der Waals surface area contributed by atoms with Crippen molar-refractivity contribution < 1.29 is 13.2 Å². The zero-order valence-electron chi connectivity index (χ0n) is 11.5. The highest BCUT2D eigenvalue weighted by atomic mass is 32.2. The van der Waals surface area contributed by atoms with Crippen LogP contribution in [-0.2, 0) is 21.2 Å². The van der Waals surface area contributed by atoms with Gasteiger partial charge in [-0.25, -0.2) is 8.42 Å². The molecule has 0 unspecified atom stereocenters. The van der Waals surface area contributed by atoms with Gasteiger partial charge in [0, 0.05) is 29.3 Å². The van der Waals surface area contributed by atoms with Gasteiger partial charge in [-0.15, -0.1) is 11.3 Å². The van der Waals surface area contributed by atoms with Crippen molar-refractivity contribution in [2.75, 3.05) is 19.1 Å². The van der Waals surface area contributed by atoms with E-state index in [1.54, 1.807) is 23.3 Å². The largest absolute Gasteiger partial charge is 0.341 e. The number of sulfone groups is 1. The number of fused-ring (bicyclic) bond motifs is 1. The van der Waals surface area contributed by atoms with E-state index in [1.807, 2.05) is 18.2 Å². The number of thiophene rings is 1. The maximum Gasteiger partial charge on any atom is 0.223 e. The van der Waals surface area contributed by atoms with Crippen molar-refractivity contribution in [1.82, 2.24) is 4.90 Å². The van der Waals surface area contributed by atoms with Crippen LogP contribution in [0.2, 0.25) is 0 Å². The molecule has 0 bridgehead atoms. The van der Waals surface area contributed by atoms with Crippen molar-refractivity contribution in [2.45, 2.75) is 13.0 Å². The summed E-state index contributed by atoms with van der Waals surface area (Å²) in [6.07, 6.45) is 1.19. The number of rotatable bonds is 5. The Hall–Kier alpha value is -1.40. The fraction of sp³-hybridized carbons (Fsp3) is 0.357. The van der Waals surface area contributed by atoms with E-state index in [0.29, 0.717) is 6.54 Å². The Balaban J connectivity index is 2.00. The summed E-state index contributed by atoms with van der Waals surface area (Å²) in [4.78, 5) is 14.6. The summed E-state index contributed by atoms with van der Waals surface area (Å²) < 4.78 is 23.3. The van der Waals surface area contributed by atoms with E-state index < -0.39 is 9.84 Å². The van der Waals surface area contributed by atoms with Gasteiger partial charge in [0.2, 0.25) is 5.91 Å². The van der Waals surface area contributed by atoms with Crippen LogP contribution in [0.25, 0.3) is 10.1 Å². The smallest absolute Gasteiger partial charge is 0.223 e. The van der Waals surface area contributed by atoms with Crippen molar-refractivity contribution in [1.29, 1.82) is 0 Å². The zero-order chi connectivity index (χ0) is 14.8. The van der Waals surface area contributed by atoms with Crippen molar-refractivity contribution in [3.05, 3.63) is 35.2 Å². The lowest BCUT2D eigenvalue weighted by Crippen LogP contribution is -2.27. The van der Waals surface area contributed by atoms with Crippen LogP contribution >= 0.6 is 11.3 Å². The molecule has 0 radical (unpaired) electrons. The van der Waals surface area contributed by atoms with Gasteiger partial charge in [0.05, 0.1) is 12.3 Å². The lowest BCUT2D eigenvalue weighted by molar-refractivity contribution is -0.129. The molecule has 108 valence electrons. The SMILES string of the molecule is CN(Cc1cc2ccccc2s1)C(=O)CCS(C)(=O)=O. The van der Waals surface area contributed by atoms with E-state index in [-0.39, 0.29) is 18.1 Å². The van der Waals surface area contributed by atoms with Gasteiger partial charge < -0.3 is 4.90 Å². The zero-order valence-corrected chi connectivity index (χ0v) is 13.1. The molecule has 1 aromatic heterocycles. The molecule has 0 aliphatic rings. The fourth-order valence-corrected chi connectivity index (χ4v) is 3.56. The predicted molar refractivity (Wildman–Crippen MR) is 82.6 cm³/mol. The van der Waals surface area contributed by atoms with Gasteiger partial charge in [0.25, 0.3) is 0 Å². The molecule has 0 saturated heterocycles. The summed E-state index contributed by atoms with van der Waals surface area (Å²) in [6.45, 7) is 0.516. The van der Waals surface area contributed by atoms with Crippen LogP contribution in [0, 0.1) is 0 Å². The number of carbonyl (C=O) groups is 1. The Kier molecular flexibility index (Phi) is 4.45. The monoisotopic (exact) mass is 311 g/mol. The normalized spacial score (nSPS) is 11.7. The second kappa shape index (κ2) is 5.93. The lowest BCUT2D eigenvalue weighted by atomic mass is 10.2. The first kappa shape index (κ1) is 15.0. The van der Waals surface area contributed by atoms with Crippen LogP contribution in [0.3, 0.4) is 0 Å². The maximum atomic E-state index is 11.9. The average molecular weight is 311 g/mol. The number of hydrogen-bond acceptors (Lipinski definition) is 4. The van der Waals surface area contributed by atoms with Crippen LogP contribution in [0.5, 0.6) is 0 Å². The Bertz CT molecular complexity index is 686. The average Bonchev–Trinajstić information content (AvgIpc) is 2.76. The number of amides is 1. The Morgan fingerprint density at radius 1 is 1.30 bits per heavy atom. The van der Waals surface area contributed by atoms with Gasteiger partial charge in [0.1, 0.15) is 9.84 Å². The molecule has 0 spiro atoms. The highest BCUT2D eigenvalue weighted by Crippen LogP contribution is 2.26. The molecule has 2 aromatic rings. The lowest BCUT2D eigenvalue weighted by Gasteiger charge is -2.15. The number of hydrogen-bond donors (Lipinski definition) is 0. The molecule has 1 aromatic carbocycles. The molecule has 0 N–H and O–H groups in total. The molecule has 20 heavy (non-hydrogen) atoms. The van der Waals surface area contributed by atoms with Crippen LogP contribution in [0.1, 0.15) is 11.3 Å². The van der Waals surface area contributed by atoms with Crippen molar-refractivity contribution in [2.24, 2.45) is 0 Å². The Morgan fingerprint density at radius 2 is 2.00 bits per heavy atom. The minimum atomic E-state index is -3.09. The summed E-state index contributed by atoms with van der Waals surface area (Å²) in [6, 6.07) is 10.1. The summed E-state index contributed by atoms with van der Waals surface area (Å²) in [5.74, 6) is -0.240. The second-order valence-corrected chi connectivity index (χ2v) is 8.31. The van der Waals surface area contributed by atoms with Gasteiger partial charge in [-0.2, -0.15) is 0 Å². The molecular formula is C14H17NO3S2. The minimum Gasteiger partial charge on any atom is -0.341 e. The van der Waals surface area contributed by atoms with Gasteiger partial charge in [-0.1, -0.05) is 18.2 Å². The predicted octanol–water partition coefficient (Wildman–Crippen LogP) is 2.29. The molecule has 1 amide bonds. The van der Waals surface area contributed by atoms with Gasteiger partial charge in [-0.05, 0) is 17.5 Å². The van der Waals surface area contributed by atoms with E-state index in [0.717, 1.165) is 11.1 Å². The molecule has 0 aliphatic heterocycles. The third kappa shape index (κ3) is 4.05. The van der Waals surface area contributed by atoms with Crippen molar-refractivity contribution in [3.8, 4) is 0 Å². The minimum absolute atomic E-state index is 0.0419. The number of carbonyl (C=O) groups excluding carboxylic acids is 1. The van der Waals surface area contributed by atoms with E-state index in [9.17, 15) is 13.2 Å². The molecule has 6 heteroatoms. The molecular weight excluding hydrogens is 294 g/mol. The van der Waals surface area contributed by atoms with Crippen molar-refractivity contribution in [3.63, 3.8) is 0 Å². The van der Waals surface area contributed by atoms with Gasteiger partial charge >= 0.3 is 0 Å². The van der Waals surface area contributed by atoms with E-state index in [1.165, 1.54) is 10.1 Å². The molecule has 0 atom stereocenters. The van der Waals surface area contributed by atoms with Crippen molar-refractivity contribution >= 4 is 37.2 Å². The first-order chi connectivity index (χ1) is 9.35. The van der Waals surface area contributed by atoms with Crippen LogP contribution in [-0.4, -0.2) is 38.3 Å². The molecule has 1 heterocycles. The molecule has 4 nitrogen and oxygen atoms in total. The summed E-state index contributed by atoms with van der Waals surface area (Å²) in [5.41, 5.74) is 0. The molecule has 2 rings (SSSR count). The van der Waals surface area contributed by atoms with Crippen LogP contribution in [0.4, 0.5) is 0 Å². The maximum absolute atomic E-state index is 11.9. The van der Waals surface area contributed by atoms with Crippen LogP contribution < -0.4 is 0 Å². The summed E-state index contributed by atoms with van der Waals surface area (Å²) in [5, 5.41) is 1.17. The first-order valence-electron chi connectivity index (χ1n) is 6.24. The fourth-order valence-electron chi connectivity index (χ4n) is 1.90. The van der Waals surface area contributed by atoms with Gasteiger partial charge in [0.15, 0.2) is 0 Å². The first-order valence-corrected chi connectivity index (χ1v) is 9.12. The van der Waals surface area contributed by atoms with Crippen LogP contribution in [0.15, 0.2) is 30.3 Å². The Labute approximate surface area is 122 Å². The number of benzene rings is 1. The summed E-state index contributed by atoms with van der Waals surface area (Å²) in [7, 11) is -1.39. The number of nitrogens with zero attached hydrogens (tertiary/aromatic N) is 1. The molecule has 0 saturated carbocycles. The van der Waals surface area contributed by atoms with E-state index in [2.05, 4.69) is 12.1 Å². The van der Waals surface area contributed by atoms with E-state index in [4.69, 9.17) is 0 Å². The molecule has 0 aliphatic carbocycles. The topological polar surface area (TPSA) is 54.5 Å².